The van der Waals surface area contributed by atoms with Crippen molar-refractivity contribution in [2.45, 2.75) is 58.2 Å². The van der Waals surface area contributed by atoms with Gasteiger partial charge in [0.05, 0.1) is 18.7 Å². The van der Waals surface area contributed by atoms with Crippen LogP contribution >= 0.6 is 11.6 Å². The Kier molecular flexibility index (Phi) is 9.33. The van der Waals surface area contributed by atoms with Gasteiger partial charge in [-0.05, 0) is 57.9 Å². The van der Waals surface area contributed by atoms with Crippen LogP contribution < -0.4 is 15.5 Å². The second-order valence-electron chi connectivity index (χ2n) is 9.56. The number of fused-ring (bicyclic) bond motifs is 1. The highest BCUT2D eigenvalue weighted by atomic mass is 35.5. The molecule has 0 aliphatic heterocycles. The van der Waals surface area contributed by atoms with Crippen LogP contribution in [0.4, 0.5) is 11.8 Å². The first-order valence-corrected chi connectivity index (χ1v) is 12.5. The van der Waals surface area contributed by atoms with Crippen molar-refractivity contribution in [1.82, 2.24) is 20.2 Å². The second-order valence-corrected chi connectivity index (χ2v) is 10.00. The standard InChI is InChI=1S/C25H39ClN6O2/c1-7-32(16(2)3)19-9-11-21(17(12-19)15-34-6)28-23(33)14-27-24-20-13-18(26)8-10-22(20)29-25(30-24)31(4)5/h8,10,13,16-17,19,21H,7,9,11-12,14-15H2,1-6H3,(H,28,33)(H,27,29,30)/t17-,19-,21+/m1/s1. The number of hydrogen-bond acceptors (Lipinski definition) is 7. The van der Waals surface area contributed by atoms with Gasteiger partial charge in [-0.25, -0.2) is 4.98 Å². The van der Waals surface area contributed by atoms with E-state index in [0.717, 1.165) is 36.7 Å². The summed E-state index contributed by atoms with van der Waals surface area (Å²) < 4.78 is 5.52. The summed E-state index contributed by atoms with van der Waals surface area (Å²) in [5.74, 6) is 1.40. The van der Waals surface area contributed by atoms with Crippen LogP contribution in [0.1, 0.15) is 40.0 Å². The summed E-state index contributed by atoms with van der Waals surface area (Å²) >= 11 is 6.21. The number of nitrogens with one attached hydrogen (secondary N) is 2. The molecule has 1 amide bonds. The van der Waals surface area contributed by atoms with Gasteiger partial charge in [-0.1, -0.05) is 18.5 Å². The van der Waals surface area contributed by atoms with Crippen LogP contribution in [0.3, 0.4) is 0 Å². The number of anilines is 2. The highest BCUT2D eigenvalue weighted by molar-refractivity contribution is 6.31. The predicted octanol–water partition coefficient (Wildman–Crippen LogP) is 3.79. The molecule has 34 heavy (non-hydrogen) atoms. The smallest absolute Gasteiger partial charge is 0.239 e. The highest BCUT2D eigenvalue weighted by Gasteiger charge is 2.34. The highest BCUT2D eigenvalue weighted by Crippen LogP contribution is 2.30. The van der Waals surface area contributed by atoms with Crippen molar-refractivity contribution in [3.8, 4) is 0 Å². The molecule has 1 fully saturated rings. The maximum Gasteiger partial charge on any atom is 0.239 e. The van der Waals surface area contributed by atoms with Crippen LogP contribution in [-0.4, -0.2) is 79.8 Å². The molecule has 0 spiro atoms. The number of methoxy groups -OCH3 is 1. The number of rotatable bonds is 10. The Morgan fingerprint density at radius 3 is 2.68 bits per heavy atom. The molecule has 9 heteroatoms. The fourth-order valence-corrected chi connectivity index (χ4v) is 5.19. The Bertz CT molecular complexity index is 970. The number of amides is 1. The Balaban J connectivity index is 1.67. The van der Waals surface area contributed by atoms with Gasteiger partial charge in [0.1, 0.15) is 5.82 Å². The number of carbonyl (C=O) groups excluding carboxylic acids is 1. The van der Waals surface area contributed by atoms with Crippen molar-refractivity contribution in [1.29, 1.82) is 0 Å². The lowest BCUT2D eigenvalue weighted by molar-refractivity contribution is -0.121. The first-order valence-electron chi connectivity index (χ1n) is 12.2. The molecule has 1 aromatic heterocycles. The molecule has 188 valence electrons. The summed E-state index contributed by atoms with van der Waals surface area (Å²) in [5.41, 5.74) is 0.773. The van der Waals surface area contributed by atoms with Gasteiger partial charge in [-0.3, -0.25) is 9.69 Å². The van der Waals surface area contributed by atoms with E-state index in [9.17, 15) is 4.79 Å². The molecule has 0 saturated heterocycles. The molecule has 3 atom stereocenters. The minimum atomic E-state index is -0.0547. The minimum Gasteiger partial charge on any atom is -0.384 e. The van der Waals surface area contributed by atoms with E-state index in [4.69, 9.17) is 16.3 Å². The molecule has 0 unspecified atom stereocenters. The average molecular weight is 491 g/mol. The van der Waals surface area contributed by atoms with Gasteiger partial charge in [0, 0.05) is 55.7 Å². The molecule has 1 aliphatic carbocycles. The average Bonchev–Trinajstić information content (AvgIpc) is 2.79. The summed E-state index contributed by atoms with van der Waals surface area (Å²) in [5, 5.41) is 7.85. The van der Waals surface area contributed by atoms with E-state index in [1.165, 1.54) is 0 Å². The van der Waals surface area contributed by atoms with Crippen LogP contribution in [0.2, 0.25) is 5.02 Å². The molecule has 0 radical (unpaired) electrons. The van der Waals surface area contributed by atoms with E-state index in [-0.39, 0.29) is 18.5 Å². The monoisotopic (exact) mass is 490 g/mol. The van der Waals surface area contributed by atoms with Crippen LogP contribution in [-0.2, 0) is 9.53 Å². The molecule has 1 saturated carbocycles. The third-order valence-electron chi connectivity index (χ3n) is 6.64. The Morgan fingerprint density at radius 2 is 2.03 bits per heavy atom. The molecule has 0 bridgehead atoms. The van der Waals surface area contributed by atoms with Gasteiger partial charge >= 0.3 is 0 Å². The molecular weight excluding hydrogens is 452 g/mol. The lowest BCUT2D eigenvalue weighted by atomic mass is 9.80. The normalized spacial score (nSPS) is 20.7. The third kappa shape index (κ3) is 6.49. The second kappa shape index (κ2) is 12.0. The summed E-state index contributed by atoms with van der Waals surface area (Å²) in [6.07, 6.45) is 3.05. The van der Waals surface area contributed by atoms with Crippen molar-refractivity contribution in [2.75, 3.05) is 51.1 Å². The lowest BCUT2D eigenvalue weighted by Crippen LogP contribution is -2.52. The van der Waals surface area contributed by atoms with Crippen molar-refractivity contribution < 1.29 is 9.53 Å². The SMILES string of the molecule is CCN(C(C)C)[C@@H]1CC[C@H](NC(=O)CNc2nc(N(C)C)nc3ccc(Cl)cc23)[C@@H](COC)C1. The largest absolute Gasteiger partial charge is 0.384 e. The zero-order valence-electron chi connectivity index (χ0n) is 21.3. The summed E-state index contributed by atoms with van der Waals surface area (Å²) in [4.78, 5) is 26.5. The number of nitrogens with zero attached hydrogens (tertiary/aromatic N) is 4. The van der Waals surface area contributed by atoms with E-state index < -0.39 is 0 Å². The van der Waals surface area contributed by atoms with E-state index in [1.807, 2.05) is 31.1 Å². The number of ether oxygens (including phenoxy) is 1. The van der Waals surface area contributed by atoms with E-state index in [0.29, 0.717) is 41.4 Å². The Hall–Kier alpha value is -2.16. The van der Waals surface area contributed by atoms with Gasteiger partial charge in [-0.15, -0.1) is 0 Å². The van der Waals surface area contributed by atoms with Crippen molar-refractivity contribution in [2.24, 2.45) is 5.92 Å². The number of halogens is 1. The van der Waals surface area contributed by atoms with Crippen molar-refractivity contribution in [3.05, 3.63) is 23.2 Å². The van der Waals surface area contributed by atoms with Gasteiger partial charge in [0.2, 0.25) is 11.9 Å². The van der Waals surface area contributed by atoms with Gasteiger partial charge in [-0.2, -0.15) is 4.98 Å². The molecule has 3 rings (SSSR count). The fourth-order valence-electron chi connectivity index (χ4n) is 5.02. The maximum atomic E-state index is 12.9. The zero-order valence-corrected chi connectivity index (χ0v) is 22.0. The Labute approximate surface area is 208 Å². The van der Waals surface area contributed by atoms with Crippen LogP contribution in [0.25, 0.3) is 10.9 Å². The van der Waals surface area contributed by atoms with Gasteiger partial charge < -0.3 is 20.3 Å². The van der Waals surface area contributed by atoms with Crippen molar-refractivity contribution in [3.63, 3.8) is 0 Å². The minimum absolute atomic E-state index is 0.0547. The van der Waals surface area contributed by atoms with Crippen molar-refractivity contribution >= 4 is 40.2 Å². The molecule has 2 aromatic rings. The van der Waals surface area contributed by atoms with Crippen LogP contribution in [0, 0.1) is 5.92 Å². The molecule has 1 heterocycles. The topological polar surface area (TPSA) is 82.6 Å². The van der Waals surface area contributed by atoms with Gasteiger partial charge in [0.25, 0.3) is 0 Å². The number of carbonyl (C=O) groups is 1. The van der Waals surface area contributed by atoms with Crippen LogP contribution in [0.15, 0.2) is 18.2 Å². The van der Waals surface area contributed by atoms with E-state index in [2.05, 4.69) is 46.3 Å². The maximum absolute atomic E-state index is 12.9. The molecular formula is C25H39ClN6O2. The number of benzene rings is 1. The lowest BCUT2D eigenvalue weighted by Gasteiger charge is -2.42. The molecule has 1 aromatic carbocycles. The summed E-state index contributed by atoms with van der Waals surface area (Å²) in [6.45, 7) is 8.52. The zero-order chi connectivity index (χ0) is 24.8. The molecule has 2 N–H and O–H groups in total. The van der Waals surface area contributed by atoms with E-state index >= 15 is 0 Å². The fraction of sp³-hybridized carbons (Fsp3) is 0.640. The number of hydrogen-bond donors (Lipinski definition) is 2. The quantitative estimate of drug-likeness (QED) is 0.524. The Morgan fingerprint density at radius 1 is 1.26 bits per heavy atom. The first kappa shape index (κ1) is 26.4. The number of aromatic nitrogens is 2. The first-order chi connectivity index (χ1) is 16.2. The molecule has 1 aliphatic rings. The summed E-state index contributed by atoms with van der Waals surface area (Å²) in [6, 6.07) is 6.63. The summed E-state index contributed by atoms with van der Waals surface area (Å²) in [7, 11) is 5.51. The van der Waals surface area contributed by atoms with E-state index in [1.54, 1.807) is 13.2 Å². The molecule has 8 nitrogen and oxygen atoms in total. The van der Waals surface area contributed by atoms with Gasteiger partial charge in [0.15, 0.2) is 0 Å². The predicted molar refractivity (Wildman–Crippen MR) is 140 cm³/mol. The van der Waals surface area contributed by atoms with Crippen LogP contribution in [0.5, 0.6) is 0 Å². The third-order valence-corrected chi connectivity index (χ3v) is 6.88.